The molecule has 0 atom stereocenters. The van der Waals surface area contributed by atoms with Crippen molar-refractivity contribution in [3.8, 4) is 0 Å². The maximum absolute atomic E-state index is 12.4. The molecule has 0 unspecified atom stereocenters. The van der Waals surface area contributed by atoms with Crippen molar-refractivity contribution in [3.05, 3.63) is 36.4 Å². The van der Waals surface area contributed by atoms with Gasteiger partial charge in [0.1, 0.15) is 0 Å². The van der Waals surface area contributed by atoms with Gasteiger partial charge in [0.2, 0.25) is 11.8 Å². The minimum absolute atomic E-state index is 0.119. The van der Waals surface area contributed by atoms with Crippen LogP contribution in [0, 0.1) is 0 Å². The fraction of sp³-hybridized carbons (Fsp3) is 0.267. The van der Waals surface area contributed by atoms with E-state index in [0.717, 1.165) is 6.92 Å². The summed E-state index contributed by atoms with van der Waals surface area (Å²) in [5, 5.41) is 2.53. The van der Waals surface area contributed by atoms with E-state index in [1.807, 2.05) is 0 Å². The van der Waals surface area contributed by atoms with E-state index >= 15 is 0 Å². The lowest BCUT2D eigenvalue weighted by molar-refractivity contribution is -0.137. The van der Waals surface area contributed by atoms with Crippen LogP contribution in [0.5, 0.6) is 0 Å². The van der Waals surface area contributed by atoms with Crippen molar-refractivity contribution >= 4 is 33.4 Å². The summed E-state index contributed by atoms with van der Waals surface area (Å²) in [6, 6.07) is 5.15. The van der Waals surface area contributed by atoms with Crippen molar-refractivity contribution in [2.24, 2.45) is 0 Å². The Morgan fingerprint density at radius 3 is 2.04 bits per heavy atom. The standard InChI is InChI=1S/C15H18N2O5S/c1-5-14(19)17(11(4)18)23(21,22)13-8-6-12(7-9-13)16-15(20)10(2)3/h6-9H,2,5H2,1,3-4H3,(H,16,20). The maximum atomic E-state index is 12.4. The molecular weight excluding hydrogens is 320 g/mol. The number of carbonyl (C=O) groups is 3. The molecule has 1 rings (SSSR count). The second-order valence-corrected chi connectivity index (χ2v) is 6.58. The molecule has 0 bridgehead atoms. The summed E-state index contributed by atoms with van der Waals surface area (Å²) in [5.74, 6) is -2.08. The molecule has 0 aliphatic rings. The number of rotatable bonds is 5. The fourth-order valence-electron chi connectivity index (χ4n) is 1.68. The Kier molecular flexibility index (Phi) is 5.80. The van der Waals surface area contributed by atoms with Crippen LogP contribution in [0.4, 0.5) is 5.69 Å². The van der Waals surface area contributed by atoms with Gasteiger partial charge in [-0.25, -0.2) is 8.42 Å². The summed E-state index contributed by atoms with van der Waals surface area (Å²) in [4.78, 5) is 34.5. The van der Waals surface area contributed by atoms with Crippen molar-refractivity contribution in [1.29, 1.82) is 0 Å². The number of amides is 3. The number of nitrogens with one attached hydrogen (secondary N) is 1. The van der Waals surface area contributed by atoms with Gasteiger partial charge < -0.3 is 5.32 Å². The third-order valence-electron chi connectivity index (χ3n) is 2.85. The van der Waals surface area contributed by atoms with Gasteiger partial charge >= 0.3 is 0 Å². The van der Waals surface area contributed by atoms with Gasteiger partial charge in [-0.05, 0) is 31.2 Å². The zero-order chi connectivity index (χ0) is 17.8. The van der Waals surface area contributed by atoms with Gasteiger partial charge in [-0.2, -0.15) is 4.31 Å². The molecule has 0 aliphatic heterocycles. The molecule has 23 heavy (non-hydrogen) atoms. The van der Waals surface area contributed by atoms with E-state index in [1.54, 1.807) is 0 Å². The molecule has 0 aliphatic carbocycles. The van der Waals surface area contributed by atoms with Crippen LogP contribution in [0.3, 0.4) is 0 Å². The Balaban J connectivity index is 3.15. The van der Waals surface area contributed by atoms with Gasteiger partial charge in [-0.3, -0.25) is 14.4 Å². The van der Waals surface area contributed by atoms with Gasteiger partial charge in [0.15, 0.2) is 0 Å². The number of nitrogens with zero attached hydrogens (tertiary/aromatic N) is 1. The number of hydrogen-bond donors (Lipinski definition) is 1. The van der Waals surface area contributed by atoms with Crippen LogP contribution in [-0.4, -0.2) is 30.4 Å². The molecule has 0 aromatic heterocycles. The van der Waals surface area contributed by atoms with E-state index in [2.05, 4.69) is 11.9 Å². The van der Waals surface area contributed by atoms with Crippen molar-refractivity contribution in [2.45, 2.75) is 32.1 Å². The number of carbonyl (C=O) groups excluding carboxylic acids is 3. The minimum Gasteiger partial charge on any atom is -0.322 e. The normalized spacial score (nSPS) is 10.7. The highest BCUT2D eigenvalue weighted by molar-refractivity contribution is 7.90. The van der Waals surface area contributed by atoms with Crippen LogP contribution in [0.2, 0.25) is 0 Å². The van der Waals surface area contributed by atoms with E-state index in [1.165, 1.54) is 38.1 Å². The maximum Gasteiger partial charge on any atom is 0.273 e. The number of hydrogen-bond acceptors (Lipinski definition) is 5. The smallest absolute Gasteiger partial charge is 0.273 e. The van der Waals surface area contributed by atoms with E-state index in [9.17, 15) is 22.8 Å². The topological polar surface area (TPSA) is 101 Å². The first kappa shape index (κ1) is 18.6. The molecule has 3 amide bonds. The molecule has 7 nitrogen and oxygen atoms in total. The van der Waals surface area contributed by atoms with Crippen molar-refractivity contribution in [2.75, 3.05) is 5.32 Å². The van der Waals surface area contributed by atoms with Crippen LogP contribution in [0.25, 0.3) is 0 Å². The molecule has 0 fully saturated rings. The van der Waals surface area contributed by atoms with Crippen LogP contribution < -0.4 is 5.32 Å². The first-order valence-corrected chi connectivity index (χ1v) is 8.21. The Bertz CT molecular complexity index is 751. The predicted octanol–water partition coefficient (Wildman–Crippen LogP) is 1.68. The summed E-state index contributed by atoms with van der Waals surface area (Å²) < 4.78 is 25.0. The second kappa shape index (κ2) is 7.19. The van der Waals surface area contributed by atoms with Gasteiger partial charge in [0.05, 0.1) is 4.90 Å². The lowest BCUT2D eigenvalue weighted by atomic mass is 10.3. The van der Waals surface area contributed by atoms with Gasteiger partial charge in [-0.1, -0.05) is 13.5 Å². The first-order chi connectivity index (χ1) is 10.6. The Labute approximate surface area is 135 Å². The first-order valence-electron chi connectivity index (χ1n) is 6.77. The fourth-order valence-corrected chi connectivity index (χ4v) is 3.10. The molecule has 0 heterocycles. The third-order valence-corrected chi connectivity index (χ3v) is 4.66. The molecule has 0 saturated heterocycles. The molecule has 0 saturated carbocycles. The summed E-state index contributed by atoms with van der Waals surface area (Å²) in [7, 11) is -4.27. The molecule has 1 aromatic rings. The quantitative estimate of drug-likeness (QED) is 0.823. The minimum atomic E-state index is -4.27. The summed E-state index contributed by atoms with van der Waals surface area (Å²) in [5.41, 5.74) is 0.672. The molecule has 1 aromatic carbocycles. The zero-order valence-electron chi connectivity index (χ0n) is 13.1. The van der Waals surface area contributed by atoms with Crippen LogP contribution in [0.15, 0.2) is 41.3 Å². The Hall–Kier alpha value is -2.48. The Morgan fingerprint density at radius 2 is 1.65 bits per heavy atom. The van der Waals surface area contributed by atoms with E-state index in [-0.39, 0.29) is 15.6 Å². The highest BCUT2D eigenvalue weighted by Gasteiger charge is 2.31. The predicted molar refractivity (Wildman–Crippen MR) is 84.9 cm³/mol. The average Bonchev–Trinajstić information content (AvgIpc) is 2.46. The molecule has 8 heteroatoms. The Morgan fingerprint density at radius 1 is 1.13 bits per heavy atom. The molecule has 0 radical (unpaired) electrons. The van der Waals surface area contributed by atoms with Gasteiger partial charge in [-0.15, -0.1) is 0 Å². The highest BCUT2D eigenvalue weighted by atomic mass is 32.2. The van der Waals surface area contributed by atoms with E-state index in [0.29, 0.717) is 11.3 Å². The third kappa shape index (κ3) is 4.26. The average molecular weight is 338 g/mol. The van der Waals surface area contributed by atoms with Crippen molar-refractivity contribution in [1.82, 2.24) is 4.31 Å². The van der Waals surface area contributed by atoms with Crippen LogP contribution in [-0.2, 0) is 24.4 Å². The van der Waals surface area contributed by atoms with Gasteiger partial charge in [0, 0.05) is 24.6 Å². The largest absolute Gasteiger partial charge is 0.322 e. The molecule has 1 N–H and O–H groups in total. The van der Waals surface area contributed by atoms with Crippen molar-refractivity contribution in [3.63, 3.8) is 0 Å². The lowest BCUT2D eigenvalue weighted by Crippen LogP contribution is -2.39. The van der Waals surface area contributed by atoms with Gasteiger partial charge in [0.25, 0.3) is 15.9 Å². The molecular formula is C15H18N2O5S. The van der Waals surface area contributed by atoms with E-state index in [4.69, 9.17) is 0 Å². The summed E-state index contributed by atoms with van der Waals surface area (Å²) in [6.45, 7) is 7.50. The zero-order valence-corrected chi connectivity index (χ0v) is 13.9. The highest BCUT2D eigenvalue weighted by Crippen LogP contribution is 2.19. The second-order valence-electron chi connectivity index (χ2n) is 4.79. The number of anilines is 1. The number of benzene rings is 1. The number of imide groups is 1. The lowest BCUT2D eigenvalue weighted by Gasteiger charge is -2.18. The summed E-state index contributed by atoms with van der Waals surface area (Å²) in [6.07, 6.45) is -0.119. The van der Waals surface area contributed by atoms with Crippen molar-refractivity contribution < 1.29 is 22.8 Å². The van der Waals surface area contributed by atoms with E-state index < -0.39 is 27.7 Å². The SMILES string of the molecule is C=C(C)C(=O)Nc1ccc(S(=O)(=O)N(C(C)=O)C(=O)CC)cc1. The van der Waals surface area contributed by atoms with Crippen LogP contribution >= 0.6 is 0 Å². The number of sulfonamides is 1. The summed E-state index contributed by atoms with van der Waals surface area (Å²) >= 11 is 0. The monoisotopic (exact) mass is 338 g/mol. The molecule has 124 valence electrons. The van der Waals surface area contributed by atoms with Crippen LogP contribution in [0.1, 0.15) is 27.2 Å². The molecule has 0 spiro atoms.